The van der Waals surface area contributed by atoms with Gasteiger partial charge >= 0.3 is 0 Å². The maximum atomic E-state index is 13.8. The van der Waals surface area contributed by atoms with Gasteiger partial charge in [0.1, 0.15) is 5.82 Å². The Hall–Kier alpha value is -2.67. The molecule has 0 atom stereocenters. The Morgan fingerprint density at radius 3 is 2.44 bits per heavy atom. The van der Waals surface area contributed by atoms with E-state index in [0.717, 1.165) is 25.2 Å². The average Bonchev–Trinajstić information content (AvgIpc) is 2.59. The molecule has 0 unspecified atom stereocenters. The van der Waals surface area contributed by atoms with Crippen LogP contribution in [0.15, 0.2) is 36.4 Å². The molecule has 1 heterocycles. The molecule has 0 spiro atoms. The van der Waals surface area contributed by atoms with Gasteiger partial charge < -0.3 is 20.3 Å². The molecule has 132 valence electrons. The summed E-state index contributed by atoms with van der Waals surface area (Å²) in [6.45, 7) is 2.90. The fourth-order valence-corrected chi connectivity index (χ4v) is 2.62. The summed E-state index contributed by atoms with van der Waals surface area (Å²) in [6, 6.07) is 7.64. The molecule has 7 heteroatoms. The smallest absolute Gasteiger partial charge is 0.254 e. The van der Waals surface area contributed by atoms with Crippen LogP contribution in [0.4, 0.5) is 14.5 Å². The quantitative estimate of drug-likeness (QED) is 0.868. The molecule has 5 nitrogen and oxygen atoms in total. The van der Waals surface area contributed by atoms with E-state index in [1.165, 1.54) is 12.1 Å². The van der Waals surface area contributed by atoms with Crippen LogP contribution in [0.25, 0.3) is 0 Å². The average molecular weight is 347 g/mol. The zero-order chi connectivity index (χ0) is 18.0. The first-order valence-corrected chi connectivity index (χ1v) is 7.94. The van der Waals surface area contributed by atoms with E-state index in [1.807, 2.05) is 7.05 Å². The van der Waals surface area contributed by atoms with E-state index in [4.69, 9.17) is 10.5 Å². The molecule has 2 aromatic carbocycles. The predicted octanol–water partition coefficient (Wildman–Crippen LogP) is 2.73. The first-order valence-electron chi connectivity index (χ1n) is 7.94. The summed E-state index contributed by atoms with van der Waals surface area (Å²) in [5, 5.41) is 0. The summed E-state index contributed by atoms with van der Waals surface area (Å²) in [5.41, 5.74) is 6.54. The molecule has 3 rings (SSSR count). The van der Waals surface area contributed by atoms with Gasteiger partial charge in [0.05, 0.1) is 5.69 Å². The lowest BCUT2D eigenvalue weighted by atomic mass is 10.1. The number of hydrogen-bond acceptors (Lipinski definition) is 4. The Balaban J connectivity index is 1.81. The number of hydrogen-bond donors (Lipinski definition) is 1. The van der Waals surface area contributed by atoms with Crippen LogP contribution in [0, 0.1) is 11.6 Å². The number of amides is 1. The van der Waals surface area contributed by atoms with E-state index < -0.39 is 11.6 Å². The highest BCUT2D eigenvalue weighted by Crippen LogP contribution is 2.30. The lowest BCUT2D eigenvalue weighted by molar-refractivity contribution is 0.0664. The Labute approximate surface area is 144 Å². The third-order valence-corrected chi connectivity index (χ3v) is 4.16. The van der Waals surface area contributed by atoms with E-state index >= 15 is 0 Å². The van der Waals surface area contributed by atoms with Crippen LogP contribution in [0.3, 0.4) is 0 Å². The predicted molar refractivity (Wildman–Crippen MR) is 90.7 cm³/mol. The molecule has 0 aromatic heterocycles. The fourth-order valence-electron chi connectivity index (χ4n) is 2.62. The number of likely N-dealkylation sites (N-methyl/N-ethyl adjacent to an activating group) is 1. The van der Waals surface area contributed by atoms with Gasteiger partial charge in [0.15, 0.2) is 17.3 Å². The second-order valence-electron chi connectivity index (χ2n) is 6.02. The van der Waals surface area contributed by atoms with Crippen molar-refractivity contribution in [1.29, 1.82) is 0 Å². The Morgan fingerprint density at radius 1 is 1.04 bits per heavy atom. The number of benzene rings is 2. The van der Waals surface area contributed by atoms with E-state index in [1.54, 1.807) is 17.0 Å². The zero-order valence-corrected chi connectivity index (χ0v) is 13.8. The van der Waals surface area contributed by atoms with Crippen molar-refractivity contribution in [3.8, 4) is 11.5 Å². The van der Waals surface area contributed by atoms with Gasteiger partial charge in [-0.25, -0.2) is 8.78 Å². The molecule has 0 bridgehead atoms. The summed E-state index contributed by atoms with van der Waals surface area (Å²) in [5.74, 6) is -1.66. The maximum absolute atomic E-state index is 13.8. The lowest BCUT2D eigenvalue weighted by Crippen LogP contribution is -2.47. The van der Waals surface area contributed by atoms with Crippen molar-refractivity contribution in [2.45, 2.75) is 0 Å². The SMILES string of the molecule is CN1CCN(C(=O)c2ccc(N)c(Oc3ccc(F)cc3F)c2)CC1. The van der Waals surface area contributed by atoms with Crippen molar-refractivity contribution in [2.75, 3.05) is 39.0 Å². The topological polar surface area (TPSA) is 58.8 Å². The van der Waals surface area contributed by atoms with Crippen LogP contribution in [-0.2, 0) is 0 Å². The molecule has 0 radical (unpaired) electrons. The van der Waals surface area contributed by atoms with Crippen LogP contribution in [0.2, 0.25) is 0 Å². The summed E-state index contributed by atoms with van der Waals surface area (Å²) >= 11 is 0. The molecule has 2 N–H and O–H groups in total. The highest BCUT2D eigenvalue weighted by atomic mass is 19.1. The highest BCUT2D eigenvalue weighted by Gasteiger charge is 2.21. The zero-order valence-electron chi connectivity index (χ0n) is 13.8. The second kappa shape index (κ2) is 7.06. The largest absolute Gasteiger partial charge is 0.452 e. The van der Waals surface area contributed by atoms with Crippen molar-refractivity contribution in [3.63, 3.8) is 0 Å². The number of piperazine rings is 1. The monoisotopic (exact) mass is 347 g/mol. The van der Waals surface area contributed by atoms with Crippen molar-refractivity contribution >= 4 is 11.6 Å². The number of carbonyl (C=O) groups is 1. The van der Waals surface area contributed by atoms with Crippen LogP contribution in [-0.4, -0.2) is 48.9 Å². The first kappa shape index (κ1) is 17.2. The van der Waals surface area contributed by atoms with Crippen LogP contribution in [0.1, 0.15) is 10.4 Å². The van der Waals surface area contributed by atoms with Crippen LogP contribution < -0.4 is 10.5 Å². The first-order chi connectivity index (χ1) is 11.9. The molecule has 1 saturated heterocycles. The Bertz CT molecular complexity index is 790. The minimum atomic E-state index is -0.838. The fraction of sp³-hybridized carbons (Fsp3) is 0.278. The second-order valence-corrected chi connectivity index (χ2v) is 6.02. The van der Waals surface area contributed by atoms with Crippen LogP contribution >= 0.6 is 0 Å². The molecule has 0 saturated carbocycles. The molecular formula is C18H19F2N3O2. The molecular weight excluding hydrogens is 328 g/mol. The molecule has 1 amide bonds. The maximum Gasteiger partial charge on any atom is 0.254 e. The van der Waals surface area contributed by atoms with Gasteiger partial charge in [-0.15, -0.1) is 0 Å². The number of nitrogens with zero attached hydrogens (tertiary/aromatic N) is 2. The highest BCUT2D eigenvalue weighted by molar-refractivity contribution is 5.95. The third-order valence-electron chi connectivity index (χ3n) is 4.16. The van der Waals surface area contributed by atoms with E-state index in [9.17, 15) is 13.6 Å². The van der Waals surface area contributed by atoms with Gasteiger partial charge in [-0.3, -0.25) is 4.79 Å². The van der Waals surface area contributed by atoms with E-state index in [2.05, 4.69) is 4.90 Å². The minimum Gasteiger partial charge on any atom is -0.452 e. The Morgan fingerprint density at radius 2 is 1.76 bits per heavy atom. The van der Waals surface area contributed by atoms with Gasteiger partial charge in [-0.05, 0) is 37.4 Å². The summed E-state index contributed by atoms with van der Waals surface area (Å²) in [7, 11) is 2.01. The van der Waals surface area contributed by atoms with Gasteiger partial charge in [-0.1, -0.05) is 0 Å². The molecule has 25 heavy (non-hydrogen) atoms. The van der Waals surface area contributed by atoms with E-state index in [0.29, 0.717) is 18.7 Å². The Kier molecular flexibility index (Phi) is 4.85. The molecule has 1 fully saturated rings. The number of anilines is 1. The van der Waals surface area contributed by atoms with Crippen molar-refractivity contribution < 1.29 is 18.3 Å². The third kappa shape index (κ3) is 3.88. The normalized spacial score (nSPS) is 15.2. The van der Waals surface area contributed by atoms with Gasteiger partial charge in [-0.2, -0.15) is 0 Å². The number of rotatable bonds is 3. The van der Waals surface area contributed by atoms with Crippen LogP contribution in [0.5, 0.6) is 11.5 Å². The molecule has 0 aliphatic carbocycles. The van der Waals surface area contributed by atoms with Crippen molar-refractivity contribution in [2.24, 2.45) is 0 Å². The number of nitrogens with two attached hydrogens (primary N) is 1. The van der Waals surface area contributed by atoms with Gasteiger partial charge in [0.2, 0.25) is 0 Å². The number of nitrogen functional groups attached to an aromatic ring is 1. The minimum absolute atomic E-state index is 0.127. The van der Waals surface area contributed by atoms with Gasteiger partial charge in [0, 0.05) is 37.8 Å². The number of ether oxygens (including phenoxy) is 1. The number of carbonyl (C=O) groups excluding carboxylic acids is 1. The summed E-state index contributed by atoms with van der Waals surface area (Å²) < 4.78 is 32.2. The summed E-state index contributed by atoms with van der Waals surface area (Å²) in [6.07, 6.45) is 0. The standard InChI is InChI=1S/C18H19F2N3O2/c1-22-6-8-23(9-7-22)18(24)12-2-4-15(21)17(10-12)25-16-5-3-13(19)11-14(16)20/h2-5,10-11H,6-9,21H2,1H3. The van der Waals surface area contributed by atoms with Gasteiger partial charge in [0.25, 0.3) is 5.91 Å². The molecule has 1 aliphatic rings. The summed E-state index contributed by atoms with van der Waals surface area (Å²) in [4.78, 5) is 16.5. The molecule has 1 aliphatic heterocycles. The lowest BCUT2D eigenvalue weighted by Gasteiger charge is -2.32. The van der Waals surface area contributed by atoms with E-state index in [-0.39, 0.29) is 23.1 Å². The number of halogens is 2. The van der Waals surface area contributed by atoms with Crippen molar-refractivity contribution in [1.82, 2.24) is 9.80 Å². The van der Waals surface area contributed by atoms with Crippen molar-refractivity contribution in [3.05, 3.63) is 53.6 Å². The molecule has 2 aromatic rings.